The van der Waals surface area contributed by atoms with Crippen molar-refractivity contribution in [3.63, 3.8) is 0 Å². The lowest BCUT2D eigenvalue weighted by molar-refractivity contribution is -0.129. The van der Waals surface area contributed by atoms with Crippen LogP contribution in [0.3, 0.4) is 0 Å². The molecule has 1 aromatic heterocycles. The first kappa shape index (κ1) is 18.5. The van der Waals surface area contributed by atoms with Crippen molar-refractivity contribution in [3.05, 3.63) is 36.9 Å². The molecular weight excluding hydrogens is 356 g/mol. The van der Waals surface area contributed by atoms with Gasteiger partial charge in [-0.2, -0.15) is 5.10 Å². The topological polar surface area (TPSA) is 83.4 Å². The largest absolute Gasteiger partial charge is 0.339 e. The zero-order chi connectivity index (χ0) is 19.5. The maximum absolute atomic E-state index is 12.5. The van der Waals surface area contributed by atoms with Crippen molar-refractivity contribution in [1.29, 1.82) is 0 Å². The summed E-state index contributed by atoms with van der Waals surface area (Å²) in [4.78, 5) is 32.5. The van der Waals surface area contributed by atoms with Crippen LogP contribution in [0.15, 0.2) is 36.9 Å². The number of hydrogen-bond donors (Lipinski definition) is 1. The summed E-state index contributed by atoms with van der Waals surface area (Å²) in [5.74, 6) is 0.452. The van der Waals surface area contributed by atoms with Crippen molar-refractivity contribution < 1.29 is 9.59 Å². The van der Waals surface area contributed by atoms with Crippen LogP contribution >= 0.6 is 0 Å². The Labute approximate surface area is 164 Å². The number of benzene rings is 1. The Bertz CT molecular complexity index is 814. The van der Waals surface area contributed by atoms with Gasteiger partial charge in [0.1, 0.15) is 12.7 Å². The lowest BCUT2D eigenvalue weighted by Crippen LogP contribution is -2.37. The number of urea groups is 1. The number of aromatic nitrogens is 3. The van der Waals surface area contributed by atoms with Gasteiger partial charge in [0, 0.05) is 44.2 Å². The van der Waals surface area contributed by atoms with E-state index in [1.165, 1.54) is 19.2 Å². The zero-order valence-electron chi connectivity index (χ0n) is 16.1. The third kappa shape index (κ3) is 4.00. The summed E-state index contributed by atoms with van der Waals surface area (Å²) in [6, 6.07) is 7.67. The molecule has 0 bridgehead atoms. The summed E-state index contributed by atoms with van der Waals surface area (Å²) in [6.45, 7) is 1.35. The van der Waals surface area contributed by atoms with E-state index in [-0.39, 0.29) is 17.9 Å². The van der Waals surface area contributed by atoms with Crippen molar-refractivity contribution in [2.24, 2.45) is 5.92 Å². The van der Waals surface area contributed by atoms with Crippen LogP contribution in [-0.2, 0) is 4.79 Å². The van der Waals surface area contributed by atoms with E-state index in [0.717, 1.165) is 30.8 Å². The number of nitrogens with zero attached hydrogens (tertiary/aromatic N) is 5. The van der Waals surface area contributed by atoms with E-state index in [1.54, 1.807) is 23.0 Å². The molecule has 1 aromatic carbocycles. The molecule has 2 heterocycles. The van der Waals surface area contributed by atoms with Crippen molar-refractivity contribution in [3.8, 4) is 5.69 Å². The maximum Gasteiger partial charge on any atom is 0.321 e. The third-order valence-electron chi connectivity index (χ3n) is 5.68. The molecule has 4 rings (SSSR count). The van der Waals surface area contributed by atoms with E-state index in [4.69, 9.17) is 0 Å². The average molecular weight is 382 g/mol. The van der Waals surface area contributed by atoms with Crippen LogP contribution in [0, 0.1) is 5.92 Å². The highest BCUT2D eigenvalue weighted by Gasteiger charge is 2.36. The number of anilines is 1. The SMILES string of the molecule is CN(C[C@@H]1CC(=O)N(C2CCCC2)C1)C(=O)Nc1ccc(-n2cncn2)cc1. The minimum Gasteiger partial charge on any atom is -0.339 e. The summed E-state index contributed by atoms with van der Waals surface area (Å²) in [5.41, 5.74) is 1.59. The first-order valence-corrected chi connectivity index (χ1v) is 9.87. The highest BCUT2D eigenvalue weighted by Crippen LogP contribution is 2.29. The Morgan fingerprint density at radius 1 is 1.25 bits per heavy atom. The van der Waals surface area contributed by atoms with Crippen molar-refractivity contribution >= 4 is 17.6 Å². The molecule has 0 radical (unpaired) electrons. The van der Waals surface area contributed by atoms with Crippen molar-refractivity contribution in [1.82, 2.24) is 24.6 Å². The van der Waals surface area contributed by atoms with Crippen LogP contribution < -0.4 is 5.32 Å². The number of carbonyl (C=O) groups excluding carboxylic acids is 2. The summed E-state index contributed by atoms with van der Waals surface area (Å²) in [5, 5.41) is 6.99. The monoisotopic (exact) mass is 382 g/mol. The molecule has 1 saturated carbocycles. The number of nitrogens with one attached hydrogen (secondary N) is 1. The number of rotatable bonds is 5. The number of hydrogen-bond acceptors (Lipinski definition) is 4. The summed E-state index contributed by atoms with van der Waals surface area (Å²) < 4.78 is 1.66. The van der Waals surface area contributed by atoms with Gasteiger partial charge in [-0.3, -0.25) is 4.79 Å². The van der Waals surface area contributed by atoms with Gasteiger partial charge in [0.25, 0.3) is 0 Å². The second-order valence-corrected chi connectivity index (χ2v) is 7.75. The molecule has 3 amide bonds. The van der Waals surface area contributed by atoms with Crippen LogP contribution in [0.5, 0.6) is 0 Å². The van der Waals surface area contributed by atoms with Crippen LogP contribution in [-0.4, -0.2) is 62.7 Å². The van der Waals surface area contributed by atoms with Crippen LogP contribution in [0.4, 0.5) is 10.5 Å². The fourth-order valence-corrected chi connectivity index (χ4v) is 4.23. The molecule has 8 heteroatoms. The molecule has 2 aromatic rings. The second-order valence-electron chi connectivity index (χ2n) is 7.75. The minimum atomic E-state index is -0.166. The molecule has 8 nitrogen and oxygen atoms in total. The minimum absolute atomic E-state index is 0.166. The molecule has 1 atom stereocenters. The van der Waals surface area contributed by atoms with Gasteiger partial charge in [-0.05, 0) is 37.1 Å². The Kier molecular flexibility index (Phi) is 5.27. The fourth-order valence-electron chi connectivity index (χ4n) is 4.23. The Hall–Kier alpha value is -2.90. The molecule has 28 heavy (non-hydrogen) atoms. The summed E-state index contributed by atoms with van der Waals surface area (Å²) >= 11 is 0. The van der Waals surface area contributed by atoms with Gasteiger partial charge in [0.2, 0.25) is 5.91 Å². The molecule has 148 valence electrons. The standard InChI is InChI=1S/C20H26N6O2/c1-24(11-15-10-19(27)25(12-15)17-4-2-3-5-17)20(28)23-16-6-8-18(9-7-16)26-14-21-13-22-26/h6-9,13-15,17H,2-5,10-12H2,1H3,(H,23,28)/t15-/m0/s1. The number of likely N-dealkylation sites (tertiary alicyclic amines) is 1. The summed E-state index contributed by atoms with van der Waals surface area (Å²) in [6.07, 6.45) is 8.33. The quantitative estimate of drug-likeness (QED) is 0.861. The highest BCUT2D eigenvalue weighted by molar-refractivity contribution is 5.89. The van der Waals surface area contributed by atoms with Gasteiger partial charge in [0.05, 0.1) is 5.69 Å². The van der Waals surface area contributed by atoms with Crippen LogP contribution in [0.1, 0.15) is 32.1 Å². The van der Waals surface area contributed by atoms with E-state index < -0.39 is 0 Å². The Balaban J connectivity index is 1.29. The predicted molar refractivity (Wildman–Crippen MR) is 105 cm³/mol. The van der Waals surface area contributed by atoms with Gasteiger partial charge >= 0.3 is 6.03 Å². The molecule has 0 unspecified atom stereocenters. The molecule has 1 aliphatic carbocycles. The first-order valence-electron chi connectivity index (χ1n) is 9.87. The highest BCUT2D eigenvalue weighted by atomic mass is 16.2. The van der Waals surface area contributed by atoms with E-state index in [2.05, 4.69) is 15.4 Å². The van der Waals surface area contributed by atoms with E-state index in [9.17, 15) is 9.59 Å². The Morgan fingerprint density at radius 3 is 2.68 bits per heavy atom. The molecule has 0 spiro atoms. The smallest absolute Gasteiger partial charge is 0.321 e. The van der Waals surface area contributed by atoms with Crippen molar-refractivity contribution in [2.75, 3.05) is 25.5 Å². The van der Waals surface area contributed by atoms with Gasteiger partial charge in [0.15, 0.2) is 0 Å². The predicted octanol–water partition coefficient (Wildman–Crippen LogP) is 2.52. The van der Waals surface area contributed by atoms with E-state index in [0.29, 0.717) is 19.0 Å². The first-order chi connectivity index (χ1) is 13.6. The lowest BCUT2D eigenvalue weighted by atomic mass is 10.1. The van der Waals surface area contributed by atoms with Gasteiger partial charge in [-0.15, -0.1) is 0 Å². The second kappa shape index (κ2) is 8.00. The normalized spacial score (nSPS) is 20.0. The van der Waals surface area contributed by atoms with E-state index >= 15 is 0 Å². The van der Waals surface area contributed by atoms with E-state index in [1.807, 2.05) is 29.2 Å². The molecule has 1 aliphatic heterocycles. The average Bonchev–Trinajstić information content (AvgIpc) is 3.44. The van der Waals surface area contributed by atoms with Crippen LogP contribution in [0.25, 0.3) is 5.69 Å². The third-order valence-corrected chi connectivity index (χ3v) is 5.68. The Morgan fingerprint density at radius 2 is 2.00 bits per heavy atom. The van der Waals surface area contributed by atoms with Gasteiger partial charge in [-0.25, -0.2) is 14.5 Å². The summed E-state index contributed by atoms with van der Waals surface area (Å²) in [7, 11) is 1.78. The van der Waals surface area contributed by atoms with Crippen LogP contribution in [0.2, 0.25) is 0 Å². The molecular formula is C20H26N6O2. The zero-order valence-corrected chi connectivity index (χ0v) is 16.1. The van der Waals surface area contributed by atoms with Crippen molar-refractivity contribution in [2.45, 2.75) is 38.1 Å². The molecule has 2 fully saturated rings. The lowest BCUT2D eigenvalue weighted by Gasteiger charge is -2.25. The maximum atomic E-state index is 12.5. The molecule has 1 saturated heterocycles. The fraction of sp³-hybridized carbons (Fsp3) is 0.500. The van der Waals surface area contributed by atoms with Gasteiger partial charge in [-0.1, -0.05) is 12.8 Å². The number of amides is 3. The van der Waals surface area contributed by atoms with Gasteiger partial charge < -0.3 is 15.1 Å². The number of carbonyl (C=O) groups is 2. The molecule has 2 aliphatic rings. The molecule has 1 N–H and O–H groups in total.